The molecule has 0 saturated carbocycles. The molecule has 2 aliphatic rings. The van der Waals surface area contributed by atoms with Gasteiger partial charge in [-0.05, 0) is 43.3 Å². The van der Waals surface area contributed by atoms with Gasteiger partial charge in [0.2, 0.25) is 11.8 Å². The van der Waals surface area contributed by atoms with E-state index >= 15 is 0 Å². The van der Waals surface area contributed by atoms with Crippen molar-refractivity contribution in [2.24, 2.45) is 5.92 Å². The molecule has 0 spiro atoms. The summed E-state index contributed by atoms with van der Waals surface area (Å²) in [7, 11) is 2.07. The van der Waals surface area contributed by atoms with E-state index in [2.05, 4.69) is 11.9 Å². The van der Waals surface area contributed by atoms with Crippen molar-refractivity contribution in [3.8, 4) is 5.75 Å². The number of halogens is 1. The molecule has 2 aromatic carbocycles. The molecule has 2 saturated heterocycles. The van der Waals surface area contributed by atoms with Crippen LogP contribution in [0.1, 0.15) is 24.8 Å². The monoisotopic (exact) mass is 467 g/mol. The van der Waals surface area contributed by atoms with Crippen LogP contribution in [-0.4, -0.2) is 78.9 Å². The SMILES string of the molecule is CN1CCN(C(=O)C[C@H]2CN(C(=O)CCc3ccc(F)cc3)CC[C@@H]2Oc2ccccc2)CC1. The molecule has 2 amide bonds. The number of para-hydroxylation sites is 1. The third-order valence-electron chi connectivity index (χ3n) is 6.88. The summed E-state index contributed by atoms with van der Waals surface area (Å²) in [5.41, 5.74) is 0.943. The molecule has 2 heterocycles. The molecule has 34 heavy (non-hydrogen) atoms. The Morgan fingerprint density at radius 2 is 1.62 bits per heavy atom. The van der Waals surface area contributed by atoms with Crippen molar-refractivity contribution in [2.75, 3.05) is 46.3 Å². The highest BCUT2D eigenvalue weighted by atomic mass is 19.1. The molecule has 2 aromatic rings. The van der Waals surface area contributed by atoms with Crippen molar-refractivity contribution in [3.63, 3.8) is 0 Å². The number of benzene rings is 2. The second-order valence-electron chi connectivity index (χ2n) is 9.37. The number of likely N-dealkylation sites (tertiary alicyclic amines) is 1. The molecule has 182 valence electrons. The number of likely N-dealkylation sites (N-methyl/N-ethyl adjacent to an activating group) is 1. The van der Waals surface area contributed by atoms with Gasteiger partial charge in [-0.25, -0.2) is 4.39 Å². The first-order valence-electron chi connectivity index (χ1n) is 12.2. The van der Waals surface area contributed by atoms with Crippen molar-refractivity contribution in [3.05, 3.63) is 66.0 Å². The molecule has 0 radical (unpaired) electrons. The van der Waals surface area contributed by atoms with Crippen LogP contribution in [0.3, 0.4) is 0 Å². The zero-order valence-corrected chi connectivity index (χ0v) is 19.9. The van der Waals surface area contributed by atoms with Crippen LogP contribution in [0.2, 0.25) is 0 Å². The highest BCUT2D eigenvalue weighted by Gasteiger charge is 2.35. The summed E-state index contributed by atoms with van der Waals surface area (Å²) in [5.74, 6) is 0.667. The van der Waals surface area contributed by atoms with Gasteiger partial charge < -0.3 is 19.4 Å². The average molecular weight is 468 g/mol. The number of rotatable bonds is 7. The summed E-state index contributed by atoms with van der Waals surface area (Å²) in [6.45, 7) is 4.38. The zero-order chi connectivity index (χ0) is 23.9. The molecule has 0 aromatic heterocycles. The van der Waals surface area contributed by atoms with Gasteiger partial charge in [0, 0.05) is 64.4 Å². The Morgan fingerprint density at radius 3 is 2.32 bits per heavy atom. The largest absolute Gasteiger partial charge is 0.490 e. The highest BCUT2D eigenvalue weighted by molar-refractivity contribution is 5.78. The molecule has 2 aliphatic heterocycles. The Balaban J connectivity index is 1.39. The van der Waals surface area contributed by atoms with E-state index in [4.69, 9.17) is 4.74 Å². The van der Waals surface area contributed by atoms with Crippen LogP contribution < -0.4 is 4.74 Å². The second-order valence-corrected chi connectivity index (χ2v) is 9.37. The number of carbonyl (C=O) groups is 2. The van der Waals surface area contributed by atoms with Crippen molar-refractivity contribution in [2.45, 2.75) is 31.8 Å². The maximum absolute atomic E-state index is 13.1. The van der Waals surface area contributed by atoms with Crippen molar-refractivity contribution >= 4 is 11.8 Å². The second kappa shape index (κ2) is 11.5. The van der Waals surface area contributed by atoms with Gasteiger partial charge in [-0.2, -0.15) is 0 Å². The van der Waals surface area contributed by atoms with E-state index < -0.39 is 0 Å². The summed E-state index contributed by atoms with van der Waals surface area (Å²) in [4.78, 5) is 32.1. The van der Waals surface area contributed by atoms with Crippen molar-refractivity contribution in [1.82, 2.24) is 14.7 Å². The maximum Gasteiger partial charge on any atom is 0.223 e. The lowest BCUT2D eigenvalue weighted by Crippen LogP contribution is -2.51. The minimum absolute atomic E-state index is 0.0594. The summed E-state index contributed by atoms with van der Waals surface area (Å²) in [5, 5.41) is 0. The van der Waals surface area contributed by atoms with Gasteiger partial charge >= 0.3 is 0 Å². The van der Waals surface area contributed by atoms with Gasteiger partial charge in [0.05, 0.1) is 0 Å². The van der Waals surface area contributed by atoms with Crippen molar-refractivity contribution in [1.29, 1.82) is 0 Å². The smallest absolute Gasteiger partial charge is 0.223 e. The molecular formula is C27H34FN3O3. The first kappa shape index (κ1) is 24.2. The standard InChI is InChI=1S/C27H34FN3O3/c1-29-15-17-30(18-16-29)27(33)19-22-20-31(14-13-25(22)34-24-5-3-2-4-6-24)26(32)12-9-21-7-10-23(28)11-8-21/h2-8,10-11,22,25H,9,12-20H2,1H3/t22-,25-/m0/s1. The van der Waals surface area contributed by atoms with Crippen molar-refractivity contribution < 1.29 is 18.7 Å². The minimum Gasteiger partial charge on any atom is -0.490 e. The number of ether oxygens (including phenoxy) is 1. The topological polar surface area (TPSA) is 53.1 Å². The maximum atomic E-state index is 13.1. The molecular weight excluding hydrogens is 433 g/mol. The van der Waals surface area contributed by atoms with Crippen LogP contribution in [0, 0.1) is 11.7 Å². The predicted molar refractivity (Wildman–Crippen MR) is 129 cm³/mol. The van der Waals surface area contributed by atoms with Gasteiger partial charge in [-0.3, -0.25) is 9.59 Å². The average Bonchev–Trinajstić information content (AvgIpc) is 2.85. The van der Waals surface area contributed by atoms with Gasteiger partial charge in [0.15, 0.2) is 0 Å². The summed E-state index contributed by atoms with van der Waals surface area (Å²) in [6.07, 6.45) is 1.90. The van der Waals surface area contributed by atoms with Gasteiger partial charge in [-0.1, -0.05) is 30.3 Å². The molecule has 0 aliphatic carbocycles. The molecule has 4 rings (SSSR count). The Bertz CT molecular complexity index is 945. The molecule has 7 heteroatoms. The molecule has 0 bridgehead atoms. The van der Waals surface area contributed by atoms with E-state index in [1.165, 1.54) is 12.1 Å². The molecule has 2 atom stereocenters. The van der Waals surface area contributed by atoms with Crippen LogP contribution >= 0.6 is 0 Å². The third kappa shape index (κ3) is 6.56. The number of hydrogen-bond acceptors (Lipinski definition) is 4. The van der Waals surface area contributed by atoms with Gasteiger partial charge in [0.1, 0.15) is 17.7 Å². The number of carbonyl (C=O) groups excluding carboxylic acids is 2. The predicted octanol–water partition coefficient (Wildman–Crippen LogP) is 3.22. The fraction of sp³-hybridized carbons (Fsp3) is 0.481. The fourth-order valence-corrected chi connectivity index (χ4v) is 4.73. The van der Waals surface area contributed by atoms with E-state index in [0.717, 1.165) is 37.5 Å². The number of aryl methyl sites for hydroxylation is 1. The van der Waals surface area contributed by atoms with Crippen LogP contribution in [-0.2, 0) is 16.0 Å². The summed E-state index contributed by atoms with van der Waals surface area (Å²) >= 11 is 0. The first-order valence-corrected chi connectivity index (χ1v) is 12.2. The number of piperidine rings is 1. The Hall–Kier alpha value is -2.93. The zero-order valence-electron chi connectivity index (χ0n) is 19.9. The number of hydrogen-bond donors (Lipinski definition) is 0. The van der Waals surface area contributed by atoms with Gasteiger partial charge in [-0.15, -0.1) is 0 Å². The van der Waals surface area contributed by atoms with Crippen LogP contribution in [0.15, 0.2) is 54.6 Å². The van der Waals surface area contributed by atoms with E-state index in [1.807, 2.05) is 40.1 Å². The number of amides is 2. The van der Waals surface area contributed by atoms with Crippen LogP contribution in [0.5, 0.6) is 5.75 Å². The lowest BCUT2D eigenvalue weighted by atomic mass is 9.90. The molecule has 0 N–H and O–H groups in total. The molecule has 0 unspecified atom stereocenters. The van der Waals surface area contributed by atoms with E-state index in [9.17, 15) is 14.0 Å². The first-order chi connectivity index (χ1) is 16.5. The molecule has 2 fully saturated rings. The van der Waals surface area contributed by atoms with E-state index in [-0.39, 0.29) is 29.7 Å². The highest BCUT2D eigenvalue weighted by Crippen LogP contribution is 2.27. The Labute approximate surface area is 201 Å². The number of nitrogens with zero attached hydrogens (tertiary/aromatic N) is 3. The summed E-state index contributed by atoms with van der Waals surface area (Å²) < 4.78 is 19.4. The van der Waals surface area contributed by atoms with Crippen LogP contribution in [0.4, 0.5) is 4.39 Å². The Morgan fingerprint density at radius 1 is 0.912 bits per heavy atom. The Kier molecular flexibility index (Phi) is 8.16. The van der Waals surface area contributed by atoms with Gasteiger partial charge in [0.25, 0.3) is 0 Å². The number of piperazine rings is 1. The van der Waals surface area contributed by atoms with Crippen LogP contribution in [0.25, 0.3) is 0 Å². The van der Waals surface area contributed by atoms with E-state index in [0.29, 0.717) is 38.8 Å². The third-order valence-corrected chi connectivity index (χ3v) is 6.88. The van der Waals surface area contributed by atoms with E-state index in [1.54, 1.807) is 12.1 Å². The fourth-order valence-electron chi connectivity index (χ4n) is 4.73. The summed E-state index contributed by atoms with van der Waals surface area (Å²) in [6, 6.07) is 16.0. The lowest BCUT2D eigenvalue weighted by Gasteiger charge is -2.40. The minimum atomic E-state index is -0.275. The molecule has 6 nitrogen and oxygen atoms in total. The quantitative estimate of drug-likeness (QED) is 0.628. The lowest BCUT2D eigenvalue weighted by molar-refractivity contribution is -0.140. The normalized spacial score (nSPS) is 21.4.